The summed E-state index contributed by atoms with van der Waals surface area (Å²) in [6, 6.07) is 14.2. The maximum absolute atomic E-state index is 12.7. The van der Waals surface area contributed by atoms with Gasteiger partial charge in [-0.05, 0) is 57.2 Å². The molecule has 0 aliphatic heterocycles. The second-order valence-corrected chi connectivity index (χ2v) is 8.72. The number of pyridine rings is 1. The fourth-order valence-corrected chi connectivity index (χ4v) is 4.61. The summed E-state index contributed by atoms with van der Waals surface area (Å²) in [6.45, 7) is 5.11. The van der Waals surface area contributed by atoms with Crippen molar-refractivity contribution in [2.45, 2.75) is 25.7 Å². The number of anilines is 5. The lowest BCUT2D eigenvalue weighted by Crippen LogP contribution is -2.14. The average Bonchev–Trinajstić information content (AvgIpc) is 3.08. The van der Waals surface area contributed by atoms with Crippen molar-refractivity contribution in [3.63, 3.8) is 0 Å². The van der Waals surface area contributed by atoms with E-state index < -0.39 is 10.0 Å². The second kappa shape index (κ2) is 8.63. The minimum atomic E-state index is -3.74. The first-order valence-corrected chi connectivity index (χ1v) is 11.2. The molecule has 164 valence electrons. The van der Waals surface area contributed by atoms with Crippen molar-refractivity contribution in [3.8, 4) is 0 Å². The molecule has 0 radical (unpaired) electrons. The summed E-state index contributed by atoms with van der Waals surface area (Å²) in [5.74, 6) is 2.46. The molecule has 11 heteroatoms. The number of aromatic nitrogens is 5. The van der Waals surface area contributed by atoms with Gasteiger partial charge >= 0.3 is 0 Å². The maximum Gasteiger partial charge on any atom is 0.265 e. The average molecular weight is 451 g/mol. The van der Waals surface area contributed by atoms with Gasteiger partial charge in [0.2, 0.25) is 0 Å². The number of benzene rings is 1. The third kappa shape index (κ3) is 4.83. The Balaban J connectivity index is 1.48. The molecule has 4 aromatic rings. The molecule has 0 fully saturated rings. The van der Waals surface area contributed by atoms with Crippen LogP contribution in [0.3, 0.4) is 0 Å². The van der Waals surface area contributed by atoms with Gasteiger partial charge in [0.1, 0.15) is 28.2 Å². The van der Waals surface area contributed by atoms with Gasteiger partial charge in [0.15, 0.2) is 0 Å². The van der Waals surface area contributed by atoms with Crippen molar-refractivity contribution in [1.82, 2.24) is 25.1 Å². The molecule has 4 N–H and O–H groups in total. The Morgan fingerprint density at radius 3 is 2.16 bits per heavy atom. The first kappa shape index (κ1) is 21.2. The summed E-state index contributed by atoms with van der Waals surface area (Å²) in [7, 11) is -3.74. The number of hydrogen-bond donors (Lipinski definition) is 4. The summed E-state index contributed by atoms with van der Waals surface area (Å²) in [6.07, 6.45) is 1.69. The smallest absolute Gasteiger partial charge is 0.265 e. The highest BCUT2D eigenvalue weighted by atomic mass is 32.2. The number of nitrogens with one attached hydrogen (secondary N) is 4. The van der Waals surface area contributed by atoms with Gasteiger partial charge in [-0.25, -0.2) is 23.4 Å². The zero-order valence-electron chi connectivity index (χ0n) is 17.7. The van der Waals surface area contributed by atoms with Crippen LogP contribution in [-0.2, 0) is 10.0 Å². The summed E-state index contributed by atoms with van der Waals surface area (Å²) >= 11 is 0. The quantitative estimate of drug-likeness (QED) is 0.333. The summed E-state index contributed by atoms with van der Waals surface area (Å²) < 4.78 is 28.0. The molecule has 3 heterocycles. The van der Waals surface area contributed by atoms with E-state index in [1.54, 1.807) is 57.3 Å². The zero-order chi connectivity index (χ0) is 22.7. The van der Waals surface area contributed by atoms with Crippen LogP contribution in [0.25, 0.3) is 0 Å². The number of aryl methyl sites for hydroxylation is 3. The number of H-pyrrole nitrogens is 1. The molecular formula is C21H22N8O2S. The van der Waals surface area contributed by atoms with E-state index in [0.717, 1.165) is 5.69 Å². The van der Waals surface area contributed by atoms with Crippen molar-refractivity contribution in [2.75, 3.05) is 15.4 Å². The molecule has 0 saturated heterocycles. The van der Waals surface area contributed by atoms with Gasteiger partial charge in [-0.2, -0.15) is 5.10 Å². The minimum Gasteiger partial charge on any atom is -0.340 e. The highest BCUT2D eigenvalue weighted by Crippen LogP contribution is 2.24. The van der Waals surface area contributed by atoms with Crippen LogP contribution in [0.1, 0.15) is 17.2 Å². The SMILES string of the molecule is Cc1nc(Nc2ccc(NS(=O)(=O)c3c(C)n[nH]c3C)cc2)cc(Nc2ccccn2)n1. The van der Waals surface area contributed by atoms with Crippen LogP contribution in [-0.4, -0.2) is 33.6 Å². The van der Waals surface area contributed by atoms with Crippen molar-refractivity contribution in [2.24, 2.45) is 0 Å². The van der Waals surface area contributed by atoms with Crippen LogP contribution in [0.2, 0.25) is 0 Å². The lowest BCUT2D eigenvalue weighted by Gasteiger charge is -2.11. The number of hydrogen-bond acceptors (Lipinski definition) is 8. The normalized spacial score (nSPS) is 11.2. The Labute approximate surface area is 185 Å². The molecule has 0 spiro atoms. The lowest BCUT2D eigenvalue weighted by molar-refractivity contribution is 0.600. The van der Waals surface area contributed by atoms with Gasteiger partial charge in [0.25, 0.3) is 10.0 Å². The molecule has 0 saturated carbocycles. The molecule has 10 nitrogen and oxygen atoms in total. The van der Waals surface area contributed by atoms with Crippen LogP contribution < -0.4 is 15.4 Å². The molecule has 0 atom stereocenters. The predicted molar refractivity (Wildman–Crippen MR) is 123 cm³/mol. The Bertz CT molecular complexity index is 1320. The largest absolute Gasteiger partial charge is 0.340 e. The summed E-state index contributed by atoms with van der Waals surface area (Å²) in [5, 5.41) is 13.0. The predicted octanol–water partition coefficient (Wildman–Crippen LogP) is 3.81. The number of rotatable bonds is 7. The maximum atomic E-state index is 12.7. The lowest BCUT2D eigenvalue weighted by atomic mass is 10.3. The van der Waals surface area contributed by atoms with Gasteiger partial charge < -0.3 is 10.6 Å². The van der Waals surface area contributed by atoms with E-state index in [0.29, 0.717) is 40.4 Å². The van der Waals surface area contributed by atoms with E-state index in [2.05, 4.69) is 40.5 Å². The highest BCUT2D eigenvalue weighted by Gasteiger charge is 2.22. The first-order chi connectivity index (χ1) is 15.3. The van der Waals surface area contributed by atoms with E-state index in [1.165, 1.54) is 0 Å². The Hall–Kier alpha value is -3.99. The van der Waals surface area contributed by atoms with Crippen LogP contribution in [0.5, 0.6) is 0 Å². The fourth-order valence-electron chi connectivity index (χ4n) is 3.18. The van der Waals surface area contributed by atoms with Crippen molar-refractivity contribution < 1.29 is 8.42 Å². The molecule has 0 aliphatic rings. The van der Waals surface area contributed by atoms with E-state index >= 15 is 0 Å². The first-order valence-electron chi connectivity index (χ1n) is 9.75. The molecule has 32 heavy (non-hydrogen) atoms. The fraction of sp³-hybridized carbons (Fsp3) is 0.143. The molecule has 3 aromatic heterocycles. The van der Waals surface area contributed by atoms with Gasteiger partial charge in [0, 0.05) is 23.6 Å². The van der Waals surface area contributed by atoms with Crippen molar-refractivity contribution >= 4 is 38.9 Å². The zero-order valence-corrected chi connectivity index (χ0v) is 18.5. The Kier molecular flexibility index (Phi) is 5.73. The van der Waals surface area contributed by atoms with E-state index in [4.69, 9.17) is 0 Å². The van der Waals surface area contributed by atoms with Gasteiger partial charge in [0.05, 0.1) is 11.4 Å². The number of nitrogens with zero attached hydrogens (tertiary/aromatic N) is 4. The van der Waals surface area contributed by atoms with Crippen LogP contribution >= 0.6 is 0 Å². The van der Waals surface area contributed by atoms with Crippen LogP contribution in [0.4, 0.5) is 28.8 Å². The van der Waals surface area contributed by atoms with Crippen molar-refractivity contribution in [3.05, 3.63) is 71.9 Å². The molecule has 0 unspecified atom stereocenters. The number of aromatic amines is 1. The second-order valence-electron chi connectivity index (χ2n) is 7.10. The van der Waals surface area contributed by atoms with Crippen LogP contribution in [0, 0.1) is 20.8 Å². The summed E-state index contributed by atoms with van der Waals surface area (Å²) in [5.41, 5.74) is 2.09. The third-order valence-corrected chi connectivity index (χ3v) is 6.14. The van der Waals surface area contributed by atoms with Crippen LogP contribution in [0.15, 0.2) is 59.6 Å². The van der Waals surface area contributed by atoms with E-state index in [1.807, 2.05) is 18.2 Å². The monoisotopic (exact) mass is 450 g/mol. The third-order valence-electron chi connectivity index (χ3n) is 4.50. The summed E-state index contributed by atoms with van der Waals surface area (Å²) in [4.78, 5) is 13.2. The molecule has 1 aromatic carbocycles. The topological polar surface area (TPSA) is 138 Å². The molecule has 0 bridgehead atoms. The van der Waals surface area contributed by atoms with Gasteiger partial charge in [-0.3, -0.25) is 9.82 Å². The molecule has 4 rings (SSSR count). The Morgan fingerprint density at radius 1 is 0.844 bits per heavy atom. The van der Waals surface area contributed by atoms with Gasteiger partial charge in [-0.1, -0.05) is 6.07 Å². The van der Waals surface area contributed by atoms with E-state index in [-0.39, 0.29) is 4.90 Å². The standard InChI is InChI=1S/C21H22N8O2S/c1-13-21(14(2)28-27-13)32(30,31)29-17-9-7-16(8-10-17)25-19-12-20(24-15(3)23-19)26-18-6-4-5-11-22-18/h4-12,29H,1-3H3,(H,27,28)(H2,22,23,24,25,26). The molecular weight excluding hydrogens is 428 g/mol. The minimum absolute atomic E-state index is 0.157. The Morgan fingerprint density at radius 2 is 1.53 bits per heavy atom. The van der Waals surface area contributed by atoms with Gasteiger partial charge in [-0.15, -0.1) is 0 Å². The molecule has 0 aliphatic carbocycles. The van der Waals surface area contributed by atoms with E-state index in [9.17, 15) is 8.42 Å². The molecule has 0 amide bonds. The highest BCUT2D eigenvalue weighted by molar-refractivity contribution is 7.92. The van der Waals surface area contributed by atoms with Crippen molar-refractivity contribution in [1.29, 1.82) is 0 Å². The number of sulfonamides is 1.